The Bertz CT molecular complexity index is 680. The number of esters is 1. The molecule has 0 bridgehead atoms. The minimum Gasteiger partial charge on any atom is -0.462 e. The molecule has 0 aliphatic rings. The van der Waals surface area contributed by atoms with Crippen LogP contribution < -0.4 is 16.2 Å². The van der Waals surface area contributed by atoms with E-state index in [0.29, 0.717) is 4.45 Å². The van der Waals surface area contributed by atoms with Crippen LogP contribution in [0.5, 0.6) is 0 Å². The van der Waals surface area contributed by atoms with Crippen molar-refractivity contribution in [3.63, 3.8) is 0 Å². The van der Waals surface area contributed by atoms with Crippen LogP contribution in [0, 0.1) is 0 Å². The molecule has 10 heteroatoms. The monoisotopic (exact) mass is 333 g/mol. The summed E-state index contributed by atoms with van der Waals surface area (Å²) in [6.07, 6.45) is -0.718. The van der Waals surface area contributed by atoms with Gasteiger partial charge in [0, 0.05) is 19.2 Å². The molecule has 0 radical (unpaired) electrons. The average Bonchev–Trinajstić information content (AvgIpc) is 2.40. The second-order valence-corrected chi connectivity index (χ2v) is 7.23. The number of H-pyrrole nitrogens is 1. The van der Waals surface area contributed by atoms with Crippen LogP contribution >= 0.6 is 7.44 Å². The molecule has 124 valence electrons. The number of nitrogens with one attached hydrogen (secondary N) is 2. The number of carbonyl (C=O) groups excluding carboxylic acids is 1. The summed E-state index contributed by atoms with van der Waals surface area (Å²) in [7, 11) is -2.42. The molecule has 9 nitrogen and oxygen atoms in total. The van der Waals surface area contributed by atoms with Crippen molar-refractivity contribution in [3.05, 3.63) is 32.8 Å². The highest BCUT2D eigenvalue weighted by Crippen LogP contribution is 2.40. The molecule has 0 aromatic carbocycles. The fourth-order valence-corrected chi connectivity index (χ4v) is 3.68. The SMILES string of the molecule is COCP(=O)(N[C@@H](C)C(=O)OC(C)C)n1[nH]c(=O)ccc1=O. The van der Waals surface area contributed by atoms with E-state index in [2.05, 4.69) is 10.2 Å². The third-order valence-corrected chi connectivity index (χ3v) is 4.87. The molecule has 0 spiro atoms. The van der Waals surface area contributed by atoms with Gasteiger partial charge in [0.1, 0.15) is 12.4 Å². The lowest BCUT2D eigenvalue weighted by molar-refractivity contribution is -0.148. The molecular formula is C12H20N3O6P. The Morgan fingerprint density at radius 2 is 2.00 bits per heavy atom. The van der Waals surface area contributed by atoms with Crippen molar-refractivity contribution in [1.82, 2.24) is 14.6 Å². The first-order valence-corrected chi connectivity index (χ1v) is 8.43. The highest BCUT2D eigenvalue weighted by molar-refractivity contribution is 7.60. The number of aromatic nitrogens is 2. The predicted octanol–water partition coefficient (Wildman–Crippen LogP) is 0.111. The molecule has 1 rings (SSSR count). The molecule has 2 atom stereocenters. The van der Waals surface area contributed by atoms with Gasteiger partial charge in [-0.05, 0) is 20.8 Å². The molecule has 2 N–H and O–H groups in total. The van der Waals surface area contributed by atoms with Gasteiger partial charge in [-0.1, -0.05) is 0 Å². The number of aromatic amines is 1. The van der Waals surface area contributed by atoms with Crippen LogP contribution in [0.3, 0.4) is 0 Å². The van der Waals surface area contributed by atoms with Crippen molar-refractivity contribution in [2.24, 2.45) is 0 Å². The quantitative estimate of drug-likeness (QED) is 0.537. The molecule has 1 unspecified atom stereocenters. The third-order valence-electron chi connectivity index (χ3n) is 2.53. The molecular weight excluding hydrogens is 313 g/mol. The van der Waals surface area contributed by atoms with Crippen molar-refractivity contribution in [2.45, 2.75) is 32.9 Å². The first-order chi connectivity index (χ1) is 10.2. The first kappa shape index (κ1) is 18.3. The maximum Gasteiger partial charge on any atom is 0.323 e. The maximum atomic E-state index is 12.9. The Morgan fingerprint density at radius 3 is 2.55 bits per heavy atom. The van der Waals surface area contributed by atoms with Gasteiger partial charge in [0.05, 0.1) is 6.10 Å². The van der Waals surface area contributed by atoms with Crippen LogP contribution in [-0.2, 0) is 18.8 Å². The maximum absolute atomic E-state index is 12.9. The molecule has 1 aromatic heterocycles. The fraction of sp³-hybridized carbons (Fsp3) is 0.583. The minimum absolute atomic E-state index is 0.335. The third kappa shape index (κ3) is 4.66. The van der Waals surface area contributed by atoms with Gasteiger partial charge in [0.25, 0.3) is 18.6 Å². The van der Waals surface area contributed by atoms with Gasteiger partial charge in [-0.3, -0.25) is 24.0 Å². The van der Waals surface area contributed by atoms with Gasteiger partial charge in [0.15, 0.2) is 0 Å². The second-order valence-electron chi connectivity index (χ2n) is 4.92. The smallest absolute Gasteiger partial charge is 0.323 e. The number of rotatable bonds is 7. The van der Waals surface area contributed by atoms with Crippen molar-refractivity contribution >= 4 is 13.4 Å². The first-order valence-electron chi connectivity index (χ1n) is 6.59. The topological polar surface area (TPSA) is 119 Å². The Balaban J connectivity index is 3.14. The Labute approximate surface area is 127 Å². The van der Waals surface area contributed by atoms with E-state index in [1.165, 1.54) is 14.0 Å². The molecule has 1 heterocycles. The zero-order valence-corrected chi connectivity index (χ0v) is 13.8. The van der Waals surface area contributed by atoms with Gasteiger partial charge < -0.3 is 9.47 Å². The van der Waals surface area contributed by atoms with Crippen LogP contribution in [0.1, 0.15) is 20.8 Å². The summed E-state index contributed by atoms with van der Waals surface area (Å²) in [5.74, 6) is -0.627. The Hall–Kier alpha value is -1.70. The van der Waals surface area contributed by atoms with Crippen molar-refractivity contribution in [1.29, 1.82) is 0 Å². The molecule has 1 aromatic rings. The molecule has 0 saturated carbocycles. The summed E-state index contributed by atoms with van der Waals surface area (Å²) < 4.78 is 23.5. The lowest BCUT2D eigenvalue weighted by Gasteiger charge is -2.23. The molecule has 22 heavy (non-hydrogen) atoms. The van der Waals surface area contributed by atoms with E-state index in [1.807, 2.05) is 0 Å². The summed E-state index contributed by atoms with van der Waals surface area (Å²) in [6, 6.07) is 1.05. The number of carbonyl (C=O) groups is 1. The predicted molar refractivity (Wildman–Crippen MR) is 80.0 cm³/mol. The van der Waals surface area contributed by atoms with Gasteiger partial charge in [0.2, 0.25) is 0 Å². The molecule has 0 saturated heterocycles. The van der Waals surface area contributed by atoms with Crippen LogP contribution in [-0.4, -0.2) is 41.1 Å². The normalized spacial score (nSPS) is 15.3. The van der Waals surface area contributed by atoms with Crippen LogP contribution in [0.4, 0.5) is 0 Å². The highest BCUT2D eigenvalue weighted by Gasteiger charge is 2.31. The Morgan fingerprint density at radius 1 is 1.36 bits per heavy atom. The molecule has 0 fully saturated rings. The summed E-state index contributed by atoms with van der Waals surface area (Å²) >= 11 is 0. The van der Waals surface area contributed by atoms with E-state index >= 15 is 0 Å². The average molecular weight is 333 g/mol. The van der Waals surface area contributed by atoms with Crippen LogP contribution in [0.15, 0.2) is 21.7 Å². The van der Waals surface area contributed by atoms with Crippen LogP contribution in [0.25, 0.3) is 0 Å². The van der Waals surface area contributed by atoms with Gasteiger partial charge >= 0.3 is 5.97 Å². The van der Waals surface area contributed by atoms with Crippen molar-refractivity contribution < 1.29 is 18.8 Å². The largest absolute Gasteiger partial charge is 0.462 e. The second kappa shape index (κ2) is 7.53. The molecule has 0 aliphatic heterocycles. The van der Waals surface area contributed by atoms with E-state index in [-0.39, 0.29) is 12.5 Å². The number of nitrogens with zero attached hydrogens (tertiary/aromatic N) is 1. The Kier molecular flexibility index (Phi) is 6.28. The van der Waals surface area contributed by atoms with E-state index in [1.54, 1.807) is 13.8 Å². The van der Waals surface area contributed by atoms with Gasteiger partial charge in [-0.15, -0.1) is 0 Å². The number of hydrogen-bond donors (Lipinski definition) is 2. The van der Waals surface area contributed by atoms with E-state index in [9.17, 15) is 18.9 Å². The molecule has 0 amide bonds. The summed E-state index contributed by atoms with van der Waals surface area (Å²) in [5.41, 5.74) is -1.29. The summed E-state index contributed by atoms with van der Waals surface area (Å²) in [5, 5.41) is 4.71. The zero-order valence-electron chi connectivity index (χ0n) is 12.9. The summed E-state index contributed by atoms with van der Waals surface area (Å²) in [6.45, 7) is 4.80. The van der Waals surface area contributed by atoms with Crippen molar-refractivity contribution in [2.75, 3.05) is 13.5 Å². The summed E-state index contributed by atoms with van der Waals surface area (Å²) in [4.78, 5) is 35.0. The van der Waals surface area contributed by atoms with Crippen molar-refractivity contribution in [3.8, 4) is 0 Å². The number of ether oxygens (including phenoxy) is 2. The number of hydrogen-bond acceptors (Lipinski definition) is 6. The minimum atomic E-state index is -3.71. The van der Waals surface area contributed by atoms with Crippen LogP contribution in [0.2, 0.25) is 0 Å². The van der Waals surface area contributed by atoms with E-state index in [0.717, 1.165) is 12.1 Å². The standard InChI is InChI=1S/C12H20N3O6P/c1-8(2)21-12(18)9(3)14-22(19,7-20-4)15-11(17)6-5-10(16)13-15/h5-6,8-9H,7H2,1-4H3,(H,13,16)(H,14,19)/t9-,22?/m0/s1. The van der Waals surface area contributed by atoms with E-state index < -0.39 is 30.6 Å². The fourth-order valence-electron chi connectivity index (χ4n) is 1.67. The van der Waals surface area contributed by atoms with Gasteiger partial charge in [-0.25, -0.2) is 5.09 Å². The lowest BCUT2D eigenvalue weighted by atomic mass is 10.4. The van der Waals surface area contributed by atoms with Gasteiger partial charge in [-0.2, -0.15) is 4.45 Å². The molecule has 0 aliphatic carbocycles. The van der Waals surface area contributed by atoms with E-state index in [4.69, 9.17) is 9.47 Å². The number of methoxy groups -OCH3 is 1. The highest BCUT2D eigenvalue weighted by atomic mass is 31.2. The lowest BCUT2D eigenvalue weighted by Crippen LogP contribution is -2.40. The zero-order chi connectivity index (χ0) is 16.9.